The summed E-state index contributed by atoms with van der Waals surface area (Å²) in [6, 6.07) is 22.4. The van der Waals surface area contributed by atoms with Gasteiger partial charge in [0, 0.05) is 35.2 Å². The Bertz CT molecular complexity index is 1410. The Kier molecular flexibility index (Phi) is 6.64. The third kappa shape index (κ3) is 4.98. The molecule has 0 saturated carbocycles. The smallest absolute Gasteiger partial charge is 0.243 e. The molecule has 0 bridgehead atoms. The maximum absolute atomic E-state index is 13.0. The zero-order valence-corrected chi connectivity index (χ0v) is 20.9. The molecular weight excluding hydrogens is 480 g/mol. The van der Waals surface area contributed by atoms with Crippen molar-refractivity contribution < 1.29 is 13.2 Å². The molecule has 1 fully saturated rings. The molecule has 1 aromatic heterocycles. The van der Waals surface area contributed by atoms with Crippen LogP contribution in [0.4, 0.5) is 5.69 Å². The first kappa shape index (κ1) is 23.6. The van der Waals surface area contributed by atoms with Gasteiger partial charge in [0.2, 0.25) is 15.9 Å². The maximum atomic E-state index is 13.0. The van der Waals surface area contributed by atoms with Crippen LogP contribution in [-0.2, 0) is 14.8 Å². The van der Waals surface area contributed by atoms with E-state index in [0.29, 0.717) is 36.5 Å². The molecule has 1 saturated heterocycles. The van der Waals surface area contributed by atoms with Gasteiger partial charge in [0.05, 0.1) is 15.9 Å². The van der Waals surface area contributed by atoms with E-state index in [2.05, 4.69) is 15.3 Å². The molecule has 1 amide bonds. The summed E-state index contributed by atoms with van der Waals surface area (Å²) >= 11 is 1.57. The summed E-state index contributed by atoms with van der Waals surface area (Å²) in [5.74, 6) is 0.471. The Morgan fingerprint density at radius 3 is 2.34 bits per heavy atom. The number of nitrogens with one attached hydrogen (secondary N) is 2. The largest absolute Gasteiger partial charge is 0.338 e. The first-order valence-electron chi connectivity index (χ1n) is 11.4. The van der Waals surface area contributed by atoms with Crippen LogP contribution >= 0.6 is 11.8 Å². The van der Waals surface area contributed by atoms with Gasteiger partial charge in [-0.05, 0) is 79.8 Å². The number of benzene rings is 3. The van der Waals surface area contributed by atoms with Gasteiger partial charge in [-0.25, -0.2) is 13.4 Å². The molecular formula is C26H26N4O3S2. The normalized spacial score (nSPS) is 15.3. The Labute approximate surface area is 209 Å². The van der Waals surface area contributed by atoms with Gasteiger partial charge in [-0.3, -0.25) is 4.79 Å². The average molecular weight is 507 g/mol. The van der Waals surface area contributed by atoms with E-state index >= 15 is 0 Å². The van der Waals surface area contributed by atoms with Gasteiger partial charge in [0.15, 0.2) is 0 Å². The quantitative estimate of drug-likeness (QED) is 0.359. The number of hydrogen-bond acceptors (Lipinski definition) is 5. The highest BCUT2D eigenvalue weighted by Crippen LogP contribution is 2.27. The fourth-order valence-corrected chi connectivity index (χ4v) is 6.18. The third-order valence-electron chi connectivity index (χ3n) is 6.34. The van der Waals surface area contributed by atoms with Crippen molar-refractivity contribution in [1.29, 1.82) is 0 Å². The van der Waals surface area contributed by atoms with Crippen molar-refractivity contribution in [3.63, 3.8) is 0 Å². The molecule has 180 valence electrons. The molecule has 35 heavy (non-hydrogen) atoms. The highest BCUT2D eigenvalue weighted by atomic mass is 32.2. The minimum atomic E-state index is -3.55. The molecule has 2 N–H and O–H groups in total. The predicted octanol–water partition coefficient (Wildman–Crippen LogP) is 4.99. The molecule has 5 rings (SSSR count). The Morgan fingerprint density at radius 2 is 1.69 bits per heavy atom. The lowest BCUT2D eigenvalue weighted by molar-refractivity contribution is -0.120. The number of aromatic nitrogens is 2. The number of H-pyrrole nitrogens is 1. The van der Waals surface area contributed by atoms with Crippen molar-refractivity contribution in [1.82, 2.24) is 14.3 Å². The summed E-state index contributed by atoms with van der Waals surface area (Å²) in [5.41, 5.74) is 3.53. The predicted molar refractivity (Wildman–Crippen MR) is 140 cm³/mol. The number of para-hydroxylation sites is 2. The van der Waals surface area contributed by atoms with Crippen LogP contribution in [-0.4, -0.2) is 47.9 Å². The molecule has 4 aromatic rings. The lowest BCUT2D eigenvalue weighted by atomic mass is 9.97. The fourth-order valence-electron chi connectivity index (χ4n) is 4.30. The van der Waals surface area contributed by atoms with Crippen LogP contribution in [0.1, 0.15) is 12.8 Å². The Morgan fingerprint density at radius 1 is 1.00 bits per heavy atom. The highest BCUT2D eigenvalue weighted by Gasteiger charge is 2.32. The van der Waals surface area contributed by atoms with E-state index in [-0.39, 0.29) is 11.8 Å². The van der Waals surface area contributed by atoms with Crippen LogP contribution < -0.4 is 5.32 Å². The van der Waals surface area contributed by atoms with Crippen LogP contribution in [0, 0.1) is 5.92 Å². The highest BCUT2D eigenvalue weighted by molar-refractivity contribution is 7.98. The molecule has 0 unspecified atom stereocenters. The van der Waals surface area contributed by atoms with Crippen LogP contribution in [0.2, 0.25) is 0 Å². The Hall–Kier alpha value is -3.14. The van der Waals surface area contributed by atoms with Crippen molar-refractivity contribution >= 4 is 44.4 Å². The molecule has 1 aliphatic rings. The van der Waals surface area contributed by atoms with E-state index in [9.17, 15) is 13.2 Å². The number of amides is 1. The van der Waals surface area contributed by atoms with Crippen LogP contribution in [0.5, 0.6) is 0 Å². The summed E-state index contributed by atoms with van der Waals surface area (Å²) in [4.78, 5) is 22.1. The van der Waals surface area contributed by atoms with E-state index in [1.807, 2.05) is 66.9 Å². The van der Waals surface area contributed by atoms with E-state index < -0.39 is 10.0 Å². The number of rotatable bonds is 6. The molecule has 0 radical (unpaired) electrons. The third-order valence-corrected chi connectivity index (χ3v) is 8.99. The van der Waals surface area contributed by atoms with Crippen molar-refractivity contribution in [2.45, 2.75) is 22.6 Å². The van der Waals surface area contributed by atoms with Crippen molar-refractivity contribution in [3.05, 3.63) is 72.8 Å². The lowest BCUT2D eigenvalue weighted by Crippen LogP contribution is -2.41. The molecule has 0 spiro atoms. The summed E-state index contributed by atoms with van der Waals surface area (Å²) in [7, 11) is -3.55. The number of imidazole rings is 1. The molecule has 0 aliphatic carbocycles. The second-order valence-corrected chi connectivity index (χ2v) is 11.3. The van der Waals surface area contributed by atoms with E-state index in [0.717, 1.165) is 27.3 Å². The minimum Gasteiger partial charge on any atom is -0.338 e. The van der Waals surface area contributed by atoms with Gasteiger partial charge in [0.1, 0.15) is 5.82 Å². The number of aromatic amines is 1. The van der Waals surface area contributed by atoms with E-state index in [1.54, 1.807) is 23.9 Å². The summed E-state index contributed by atoms with van der Waals surface area (Å²) < 4.78 is 27.4. The molecule has 2 heterocycles. The standard InChI is InChI=1S/C26H26N4O3S2/c1-34-21-10-12-22(13-11-21)35(32,33)30-16-14-19(15-17-30)26(31)27-20-8-6-18(7-9-20)25-28-23-4-2-3-5-24(23)29-25/h2-13,19H,14-17H2,1H3,(H,27,31)(H,28,29). The molecule has 3 aromatic carbocycles. The number of fused-ring (bicyclic) bond motifs is 1. The maximum Gasteiger partial charge on any atom is 0.243 e. The zero-order chi connectivity index (χ0) is 24.4. The van der Waals surface area contributed by atoms with Gasteiger partial charge < -0.3 is 10.3 Å². The first-order chi connectivity index (χ1) is 16.9. The zero-order valence-electron chi connectivity index (χ0n) is 19.3. The van der Waals surface area contributed by atoms with Crippen LogP contribution in [0.25, 0.3) is 22.4 Å². The number of anilines is 1. The fraction of sp³-hybridized carbons (Fsp3) is 0.231. The number of hydrogen-bond donors (Lipinski definition) is 2. The number of carbonyl (C=O) groups is 1. The summed E-state index contributed by atoms with van der Waals surface area (Å²) in [6.45, 7) is 0.658. The summed E-state index contributed by atoms with van der Waals surface area (Å²) in [6.07, 6.45) is 2.94. The Balaban J connectivity index is 1.19. The monoisotopic (exact) mass is 506 g/mol. The van der Waals surface area contributed by atoms with Gasteiger partial charge in [-0.15, -0.1) is 11.8 Å². The van der Waals surface area contributed by atoms with Gasteiger partial charge in [-0.2, -0.15) is 4.31 Å². The number of piperidine rings is 1. The van der Waals surface area contributed by atoms with E-state index in [4.69, 9.17) is 0 Å². The van der Waals surface area contributed by atoms with E-state index in [1.165, 1.54) is 4.31 Å². The van der Waals surface area contributed by atoms with Crippen LogP contribution in [0.3, 0.4) is 0 Å². The molecule has 1 aliphatic heterocycles. The van der Waals surface area contributed by atoms with Crippen molar-refractivity contribution in [2.75, 3.05) is 24.7 Å². The van der Waals surface area contributed by atoms with Crippen molar-refractivity contribution in [2.24, 2.45) is 5.92 Å². The van der Waals surface area contributed by atoms with Gasteiger partial charge >= 0.3 is 0 Å². The molecule has 7 nitrogen and oxygen atoms in total. The molecule has 9 heteroatoms. The second-order valence-electron chi connectivity index (χ2n) is 8.52. The van der Waals surface area contributed by atoms with Gasteiger partial charge in [-0.1, -0.05) is 12.1 Å². The van der Waals surface area contributed by atoms with Gasteiger partial charge in [0.25, 0.3) is 0 Å². The molecule has 0 atom stereocenters. The SMILES string of the molecule is CSc1ccc(S(=O)(=O)N2CCC(C(=O)Nc3ccc(-c4nc5ccccc5[nH]4)cc3)CC2)cc1. The lowest BCUT2D eigenvalue weighted by Gasteiger charge is -2.30. The number of nitrogens with zero attached hydrogens (tertiary/aromatic N) is 2. The number of carbonyl (C=O) groups excluding carboxylic acids is 1. The topological polar surface area (TPSA) is 95.2 Å². The van der Waals surface area contributed by atoms with Crippen molar-refractivity contribution in [3.8, 4) is 11.4 Å². The van der Waals surface area contributed by atoms with Crippen LogP contribution in [0.15, 0.2) is 82.6 Å². The first-order valence-corrected chi connectivity index (χ1v) is 14.1. The summed E-state index contributed by atoms with van der Waals surface area (Å²) in [5, 5.41) is 2.97. The number of thioether (sulfide) groups is 1. The average Bonchev–Trinajstić information content (AvgIpc) is 3.33. The number of sulfonamides is 1. The second kappa shape index (κ2) is 9.85. The minimum absolute atomic E-state index is 0.0807.